The molecule has 592 valence electrons. The highest BCUT2D eigenvalue weighted by atomic mass is 127. The molecule has 5 N–H and O–H groups in total. The zero-order valence-electron chi connectivity index (χ0n) is 58.9. The van der Waals surface area contributed by atoms with Crippen LogP contribution in [0.2, 0.25) is 0 Å². The fraction of sp³-hybridized carbons (Fsp3) is 0.536. The van der Waals surface area contributed by atoms with Crippen molar-refractivity contribution in [3.05, 3.63) is 119 Å². The third-order valence-electron chi connectivity index (χ3n) is 16.4. The van der Waals surface area contributed by atoms with Gasteiger partial charge in [0.05, 0.1) is 48.9 Å². The number of aliphatic hydroxyl groups excluding tert-OH is 2. The normalized spacial score (nSPS) is 22.1. The number of methoxy groups -OCH3 is 3. The van der Waals surface area contributed by atoms with Crippen LogP contribution in [0.4, 0.5) is 0 Å². The molecule has 0 heterocycles. The molecule has 2 fully saturated rings. The fourth-order valence-electron chi connectivity index (χ4n) is 11.6. The van der Waals surface area contributed by atoms with Crippen molar-refractivity contribution < 1.29 is 148 Å². The summed E-state index contributed by atoms with van der Waals surface area (Å²) in [5.41, 5.74) is -8.66. The van der Waals surface area contributed by atoms with E-state index in [0.29, 0.717) is 13.2 Å². The number of amides is 1. The van der Waals surface area contributed by atoms with Crippen molar-refractivity contribution in [1.82, 2.24) is 5.32 Å². The van der Waals surface area contributed by atoms with Gasteiger partial charge >= 0.3 is 53.7 Å². The molecule has 0 aromatic heterocycles. The van der Waals surface area contributed by atoms with E-state index in [-0.39, 0.29) is 105 Å². The Morgan fingerprint density at radius 2 is 1.07 bits per heavy atom. The molecule has 3 aliphatic rings. The van der Waals surface area contributed by atoms with Gasteiger partial charge in [0.15, 0.2) is 11.9 Å². The molecule has 32 nitrogen and oxygen atoms in total. The molecule has 106 heavy (non-hydrogen) atoms. The summed E-state index contributed by atoms with van der Waals surface area (Å²) in [6.07, 6.45) is -12.7. The second-order valence-corrected chi connectivity index (χ2v) is 26.8. The van der Waals surface area contributed by atoms with E-state index in [1.165, 1.54) is 80.2 Å². The lowest BCUT2D eigenvalue weighted by Crippen LogP contribution is -2.77. The van der Waals surface area contributed by atoms with Crippen LogP contribution < -0.4 is 5.32 Å². The predicted molar refractivity (Wildman–Crippen MR) is 385 cm³/mol. The first-order valence-electron chi connectivity index (χ1n) is 31.6. The molecule has 0 saturated heterocycles. The van der Waals surface area contributed by atoms with Crippen LogP contribution in [0.3, 0.4) is 0 Å². The number of halogens is 4. The molecule has 2 saturated carbocycles. The van der Waals surface area contributed by atoms with Gasteiger partial charge < -0.3 is 92.1 Å². The number of carbonyl (C=O) groups excluding carboxylic acids is 11. The average molecular weight is 1700 g/mol. The number of carboxylic acid groups (broad SMARTS) is 1. The third-order valence-corrected chi connectivity index (χ3v) is 16.5. The minimum atomic E-state index is -2.60. The van der Waals surface area contributed by atoms with Gasteiger partial charge in [-0.3, -0.25) is 24.0 Å². The number of carbonyl (C=O) groups is 12. The largest absolute Gasteiger partial charge is 0.480 e. The number of fused-ring (bicyclic) bond motifs is 3. The summed E-state index contributed by atoms with van der Waals surface area (Å²) in [4.78, 5) is 153. The van der Waals surface area contributed by atoms with Crippen molar-refractivity contribution in [1.29, 1.82) is 0 Å². The molecule has 3 aromatic carbocycles. The van der Waals surface area contributed by atoms with Gasteiger partial charge in [-0.15, -0.1) is 24.0 Å². The van der Waals surface area contributed by atoms with Gasteiger partial charge in [0.2, 0.25) is 20.6 Å². The first-order valence-corrected chi connectivity index (χ1v) is 34.8. The van der Waals surface area contributed by atoms with Gasteiger partial charge in [0, 0.05) is 80.4 Å². The molecule has 3 aliphatic carbocycles. The van der Waals surface area contributed by atoms with Gasteiger partial charge in [0.25, 0.3) is 5.91 Å². The smallest absolute Gasteiger partial charge is 0.350 e. The van der Waals surface area contributed by atoms with Crippen molar-refractivity contribution in [2.75, 3.05) is 101 Å². The third kappa shape index (κ3) is 29.1. The molecule has 37 heteroatoms. The zero-order chi connectivity index (χ0) is 78.1. The second-order valence-electron chi connectivity index (χ2n) is 23.8. The summed E-state index contributed by atoms with van der Waals surface area (Å²) in [6.45, 7) is 6.94. The van der Waals surface area contributed by atoms with Gasteiger partial charge in [-0.25, -0.2) is 37.8 Å². The number of esters is 8. The van der Waals surface area contributed by atoms with Crippen LogP contribution >= 0.6 is 56.9 Å². The minimum absolute atomic E-state index is 0. The number of carboxylic acids is 1. The van der Waals surface area contributed by atoms with E-state index in [1.807, 2.05) is 0 Å². The molecule has 6 rings (SSSR count). The second kappa shape index (κ2) is 47.6. The molecule has 0 radical (unpaired) electrons. The highest BCUT2D eigenvalue weighted by Crippen LogP contribution is 2.62. The van der Waals surface area contributed by atoms with E-state index < -0.39 is 183 Å². The number of rotatable bonds is 32. The maximum atomic E-state index is 15.7. The Hall–Kier alpha value is -7.17. The summed E-state index contributed by atoms with van der Waals surface area (Å²) < 4.78 is 82.0. The SMILES string of the molecule is C.COCCOC(=O)COCC(=O)Cl.COCCOC(=O)COCC(=O)O.COCCOC(=O)COCC(=O)O[C@@H](C(=O)O[C@H]1C[C@@]2(O)[C@@H](OC(=O)c3ccccc3)C3[C@](C)(C(=O)[C@H](OC(C)=O)C(=C1C)C2(C)C)[C@@H](O)C[C@@H](O)[C@]3(C)OC(C)=O)[C@@H](NC(=O)c1ccccc1)c1ccccc1.I.O=S(Cl)Cl. The summed E-state index contributed by atoms with van der Waals surface area (Å²) in [5.74, 6) is -12.2. The quantitative estimate of drug-likeness (QED) is 0.0137. The molecule has 2 bridgehead atoms. The van der Waals surface area contributed by atoms with Crippen LogP contribution in [-0.2, 0) is 123 Å². The van der Waals surface area contributed by atoms with Crippen molar-refractivity contribution in [3.8, 4) is 0 Å². The van der Waals surface area contributed by atoms with Crippen LogP contribution in [0.1, 0.15) is 101 Å². The Morgan fingerprint density at radius 1 is 0.623 bits per heavy atom. The lowest BCUT2D eigenvalue weighted by molar-refractivity contribution is -0.279. The number of hydrogen-bond donors (Lipinski definition) is 5. The number of ketones is 1. The molecule has 11 atom stereocenters. The van der Waals surface area contributed by atoms with Gasteiger partial charge in [-0.1, -0.05) is 88.0 Å². The molecule has 1 unspecified atom stereocenters. The van der Waals surface area contributed by atoms with Crippen LogP contribution in [0.5, 0.6) is 0 Å². The molecule has 0 spiro atoms. The number of Topliss-reactive ketones (excluding diaryl/α,β-unsaturated/α-hetero) is 1. The Labute approximate surface area is 645 Å². The van der Waals surface area contributed by atoms with Crippen molar-refractivity contribution in [2.45, 2.75) is 123 Å². The number of aliphatic carboxylic acids is 1. The summed E-state index contributed by atoms with van der Waals surface area (Å²) >= 11 is 4.95. The van der Waals surface area contributed by atoms with Crippen LogP contribution in [-0.4, -0.2) is 244 Å². The van der Waals surface area contributed by atoms with E-state index in [2.05, 4.69) is 55.1 Å². The fourth-order valence-corrected chi connectivity index (χ4v) is 11.7. The van der Waals surface area contributed by atoms with Crippen molar-refractivity contribution in [2.24, 2.45) is 16.7 Å². The van der Waals surface area contributed by atoms with E-state index in [4.69, 9.17) is 58.8 Å². The summed E-state index contributed by atoms with van der Waals surface area (Å²) in [5, 5.41) is 48.1. The summed E-state index contributed by atoms with van der Waals surface area (Å²) in [7, 11) is 11.7. The minimum Gasteiger partial charge on any atom is -0.480 e. The van der Waals surface area contributed by atoms with Crippen LogP contribution in [0.15, 0.2) is 102 Å². The Morgan fingerprint density at radius 3 is 1.51 bits per heavy atom. The highest BCUT2D eigenvalue weighted by molar-refractivity contribution is 14.0. The Bertz CT molecular complexity index is 3410. The molecule has 3 aromatic rings. The lowest BCUT2D eigenvalue weighted by Gasteiger charge is -2.64. The van der Waals surface area contributed by atoms with E-state index in [1.54, 1.807) is 66.7 Å². The van der Waals surface area contributed by atoms with E-state index in [9.17, 15) is 63.3 Å². The number of hydrogen-bond acceptors (Lipinski definition) is 30. The molecular weight excluding hydrogens is 1600 g/mol. The maximum Gasteiger partial charge on any atom is 0.350 e. The summed E-state index contributed by atoms with van der Waals surface area (Å²) in [6, 6.07) is 21.9. The van der Waals surface area contributed by atoms with Crippen molar-refractivity contribution in [3.63, 3.8) is 0 Å². The number of aliphatic hydroxyl groups is 3. The molecule has 1 amide bonds. The van der Waals surface area contributed by atoms with E-state index >= 15 is 9.59 Å². The van der Waals surface area contributed by atoms with Crippen LogP contribution in [0.25, 0.3) is 0 Å². The van der Waals surface area contributed by atoms with Crippen molar-refractivity contribution >= 4 is 137 Å². The standard InChI is InChI=1S/C54H63NO19.C7H11ClO5.C7H12O6.CH4.Cl2OS.HI/c1-30-36(71-50(65)44(72-40(61)29-68-28-39(60)69-25-24-67-8)42(33-18-12-9-13-19-33)55-48(63)34-20-14-10-15-21-34)27-54(66)47(73-49(64)35-22-16-11-17-23-35)45-52(6,37(58)26-38(59)53(45,7)74-32(3)57)46(62)43(70-31(2)56)41(30)51(54,4)5;2*1-11-2-3-13-7(10)5-12-4-6(8)9;;1-4(2)3;/h9-23,36-38,42-45,47,58-59,66H,24-29H2,1-8H3,(H,55,63);2-5H2,1H3;2-5H2,1H3,(H,8,9);1H4;;1H/t36-,37-,38+,42-,43+,44+,45?,47-,52+,53-,54+;;;;;/m0...../s1. The Balaban J connectivity index is 0.00000146. The van der Waals surface area contributed by atoms with Gasteiger partial charge in [0.1, 0.15) is 88.9 Å². The lowest BCUT2D eigenvalue weighted by atomic mass is 9.45. The number of nitrogens with one attached hydrogen (secondary N) is 1. The average Bonchev–Trinajstić information content (AvgIpc) is 0.680. The molecular formula is C69H91Cl3INO31S. The Kier molecular flexibility index (Phi) is 43.5. The van der Waals surface area contributed by atoms with Gasteiger partial charge in [-0.05, 0) is 73.3 Å². The topological polar surface area (TPSA) is 444 Å². The first kappa shape index (κ1) is 96.8. The number of benzene rings is 3. The monoisotopic (exact) mass is 1690 g/mol. The van der Waals surface area contributed by atoms with Gasteiger partial charge in [-0.2, -0.15) is 0 Å². The number of ether oxygens (including phenoxy) is 14. The van der Waals surface area contributed by atoms with E-state index in [0.717, 1.165) is 13.8 Å². The van der Waals surface area contributed by atoms with Crippen LogP contribution in [0, 0.1) is 16.7 Å². The highest BCUT2D eigenvalue weighted by Gasteiger charge is 2.75. The zero-order valence-corrected chi connectivity index (χ0v) is 64.4. The first-order chi connectivity index (χ1) is 49.0. The maximum absolute atomic E-state index is 15.7. The predicted octanol–water partition coefficient (Wildman–Crippen LogP) is 5.01. The molecule has 0 aliphatic heterocycles.